The highest BCUT2D eigenvalue weighted by atomic mass is 32.2. The molecule has 1 unspecified atom stereocenters. The lowest BCUT2D eigenvalue weighted by molar-refractivity contribution is -0.181. The number of benzene rings is 1. The fraction of sp³-hybridized carbons (Fsp3) is 0.414. The normalized spacial score (nSPS) is 24.3. The van der Waals surface area contributed by atoms with Crippen molar-refractivity contribution in [1.82, 2.24) is 30.7 Å². The Labute approximate surface area is 266 Å². The summed E-state index contributed by atoms with van der Waals surface area (Å²) in [7, 11) is 0. The van der Waals surface area contributed by atoms with E-state index in [0.717, 1.165) is 16.2 Å². The molecular formula is C29H32N6O8S2. The van der Waals surface area contributed by atoms with Crippen LogP contribution < -0.4 is 16.0 Å². The second-order valence-corrected chi connectivity index (χ2v) is 13.7. The molecule has 2 aromatic rings. The summed E-state index contributed by atoms with van der Waals surface area (Å²) in [4.78, 5) is 95.0. The molecule has 14 nitrogen and oxygen atoms in total. The second kappa shape index (κ2) is 12.5. The van der Waals surface area contributed by atoms with Crippen LogP contribution in [0.25, 0.3) is 0 Å². The Morgan fingerprint density at radius 3 is 2.44 bits per heavy atom. The minimum Gasteiger partial charge on any atom is -0.458 e. The maximum atomic E-state index is 14.2. The van der Waals surface area contributed by atoms with Crippen molar-refractivity contribution in [3.63, 3.8) is 0 Å². The van der Waals surface area contributed by atoms with E-state index in [1.165, 1.54) is 21.6 Å². The zero-order chi connectivity index (χ0) is 32.5. The van der Waals surface area contributed by atoms with Crippen LogP contribution in [0.5, 0.6) is 0 Å². The fourth-order valence-corrected chi connectivity index (χ4v) is 8.10. The number of amides is 7. The molecule has 4 heterocycles. The quantitative estimate of drug-likeness (QED) is 0.143. The number of likely N-dealkylation sites (N-methyl/N-ethyl adjacent to an activating group) is 1. The van der Waals surface area contributed by atoms with Crippen LogP contribution in [0.3, 0.4) is 0 Å². The van der Waals surface area contributed by atoms with Crippen LogP contribution in [0, 0.1) is 0 Å². The van der Waals surface area contributed by atoms with Crippen molar-refractivity contribution in [3.8, 4) is 0 Å². The van der Waals surface area contributed by atoms with Crippen LogP contribution in [0.15, 0.2) is 47.8 Å². The number of hydrogen-bond acceptors (Lipinski definition) is 10. The molecule has 1 aromatic heterocycles. The van der Waals surface area contributed by atoms with Crippen molar-refractivity contribution in [3.05, 3.63) is 58.3 Å². The summed E-state index contributed by atoms with van der Waals surface area (Å²) in [5, 5.41) is 8.74. The van der Waals surface area contributed by atoms with Crippen LogP contribution in [-0.4, -0.2) is 98.2 Å². The molecule has 0 radical (unpaired) electrons. The molecule has 3 saturated heterocycles. The van der Waals surface area contributed by atoms with Crippen molar-refractivity contribution in [2.75, 3.05) is 19.6 Å². The first-order chi connectivity index (χ1) is 21.5. The molecule has 5 rings (SSSR count). The molecule has 7 amide bonds. The minimum atomic E-state index is -2.05. The summed E-state index contributed by atoms with van der Waals surface area (Å²) in [6.07, 6.45) is 0.397. The third kappa shape index (κ3) is 5.52. The predicted octanol–water partition coefficient (Wildman–Crippen LogP) is 0.554. The van der Waals surface area contributed by atoms with Crippen molar-refractivity contribution >= 4 is 65.1 Å². The molecule has 45 heavy (non-hydrogen) atoms. The molecule has 238 valence electrons. The van der Waals surface area contributed by atoms with Gasteiger partial charge in [0.2, 0.25) is 18.0 Å². The number of nitrogens with one attached hydrogen (secondary N) is 3. The highest BCUT2D eigenvalue weighted by Gasteiger charge is 2.74. The first-order valence-corrected chi connectivity index (χ1v) is 15.9. The number of fused-ring (bicyclic) bond motifs is 1. The number of ether oxygens (including phenoxy) is 1. The fourth-order valence-electron chi connectivity index (χ4n) is 5.62. The number of piperazine rings is 1. The highest BCUT2D eigenvalue weighted by molar-refractivity contribution is 8.01. The Balaban J connectivity index is 1.46. The van der Waals surface area contributed by atoms with E-state index in [4.69, 9.17) is 4.74 Å². The molecule has 0 saturated carbocycles. The van der Waals surface area contributed by atoms with Gasteiger partial charge in [-0.25, -0.2) is 9.59 Å². The summed E-state index contributed by atoms with van der Waals surface area (Å²) >= 11 is 2.35. The van der Waals surface area contributed by atoms with Crippen molar-refractivity contribution in [2.45, 2.75) is 55.2 Å². The van der Waals surface area contributed by atoms with Crippen molar-refractivity contribution < 1.29 is 38.3 Å². The van der Waals surface area contributed by atoms with Gasteiger partial charge in [-0.1, -0.05) is 36.4 Å². The molecule has 16 heteroatoms. The second-order valence-electron chi connectivity index (χ2n) is 11.0. The molecule has 3 fully saturated rings. The molecule has 0 spiro atoms. The lowest BCUT2D eigenvalue weighted by Crippen LogP contribution is -2.80. The summed E-state index contributed by atoms with van der Waals surface area (Å²) < 4.78 is 4.53. The van der Waals surface area contributed by atoms with E-state index in [1.54, 1.807) is 68.6 Å². The summed E-state index contributed by atoms with van der Waals surface area (Å²) in [6, 6.07) is 8.80. The average molecular weight is 657 g/mol. The summed E-state index contributed by atoms with van der Waals surface area (Å²) in [5.41, 5.74) is -1.38. The van der Waals surface area contributed by atoms with E-state index >= 15 is 0 Å². The SMILES string of the molecule is CCN1CCN(C(=O)NC(C(=O)N[C@@]2(C(=O)OCc3ccccc3)N3C(=O)[C@@H](NC=O)[C@H]3SC2(C)C)c2cccs2)C(=O)C1=O. The monoisotopic (exact) mass is 656 g/mol. The highest BCUT2D eigenvalue weighted by Crippen LogP contribution is 2.56. The van der Waals surface area contributed by atoms with Crippen LogP contribution in [-0.2, 0) is 40.1 Å². The van der Waals surface area contributed by atoms with E-state index in [2.05, 4.69) is 16.0 Å². The maximum absolute atomic E-state index is 14.2. The van der Waals surface area contributed by atoms with Crippen LogP contribution in [0.4, 0.5) is 4.79 Å². The number of rotatable bonds is 10. The first-order valence-electron chi connectivity index (χ1n) is 14.1. The van der Waals surface area contributed by atoms with Gasteiger partial charge < -0.3 is 25.6 Å². The standard InChI is InChI=1S/C29H32N6O8S2/c1-4-33-12-13-34(24(40)23(33)39)27(42)31-19(18-11-8-14-44-18)21(37)32-29(26(41)43-15-17-9-6-5-7-10-17)28(2,3)45-25-20(30-16-36)22(38)35(25)29/h5-11,14,16,19-20,25H,4,12-13,15H2,1-3H3,(H,30,36)(H,31,42)(H,32,37)/t19?,20-,25-,29+/m1/s1. The Hall–Kier alpha value is -4.44. The van der Waals surface area contributed by atoms with Gasteiger partial charge in [-0.2, -0.15) is 0 Å². The van der Waals surface area contributed by atoms with Gasteiger partial charge in [0.05, 0.1) is 4.75 Å². The number of hydrogen-bond donors (Lipinski definition) is 3. The number of nitrogens with zero attached hydrogens (tertiary/aromatic N) is 3. The zero-order valence-electron chi connectivity index (χ0n) is 24.7. The van der Waals surface area contributed by atoms with Gasteiger partial charge in [0.15, 0.2) is 0 Å². The van der Waals surface area contributed by atoms with Gasteiger partial charge in [0.25, 0.3) is 5.91 Å². The largest absolute Gasteiger partial charge is 0.458 e. The van der Waals surface area contributed by atoms with Gasteiger partial charge in [-0.05, 0) is 37.8 Å². The van der Waals surface area contributed by atoms with Crippen molar-refractivity contribution in [2.24, 2.45) is 0 Å². The number of carbonyl (C=O) groups is 7. The number of imide groups is 1. The smallest absolute Gasteiger partial charge is 0.355 e. The average Bonchev–Trinajstić information content (AvgIpc) is 3.63. The summed E-state index contributed by atoms with van der Waals surface area (Å²) in [5.74, 6) is -4.23. The third-order valence-corrected chi connectivity index (χ3v) is 10.6. The van der Waals surface area contributed by atoms with Gasteiger partial charge in [-0.3, -0.25) is 33.8 Å². The number of esters is 1. The lowest BCUT2D eigenvalue weighted by atomic mass is 9.88. The molecule has 1 aromatic carbocycles. The third-order valence-electron chi connectivity index (χ3n) is 8.04. The maximum Gasteiger partial charge on any atom is 0.355 e. The first kappa shape index (κ1) is 32.0. The van der Waals surface area contributed by atoms with E-state index in [1.807, 2.05) is 0 Å². The lowest BCUT2D eigenvalue weighted by Gasteiger charge is -2.50. The van der Waals surface area contributed by atoms with E-state index in [-0.39, 0.29) is 19.7 Å². The number of urea groups is 1. The van der Waals surface area contributed by atoms with Gasteiger partial charge in [0.1, 0.15) is 24.1 Å². The molecule has 0 bridgehead atoms. The number of thiophene rings is 1. The Morgan fingerprint density at radius 2 is 1.80 bits per heavy atom. The molecule has 3 aliphatic rings. The topological polar surface area (TPSA) is 175 Å². The number of carbonyl (C=O) groups excluding carboxylic acids is 7. The Morgan fingerprint density at radius 1 is 1.07 bits per heavy atom. The van der Waals surface area contributed by atoms with E-state index in [9.17, 15) is 33.6 Å². The molecule has 0 aliphatic carbocycles. The van der Waals surface area contributed by atoms with Crippen molar-refractivity contribution in [1.29, 1.82) is 0 Å². The minimum absolute atomic E-state index is 0.0719. The van der Waals surface area contributed by atoms with Crippen LogP contribution in [0.1, 0.15) is 37.3 Å². The number of thioether (sulfide) groups is 1. The van der Waals surface area contributed by atoms with Gasteiger partial charge in [0, 0.05) is 24.5 Å². The van der Waals surface area contributed by atoms with Gasteiger partial charge >= 0.3 is 23.8 Å². The number of β-lactam (4-membered cyclic amide) rings is 1. The zero-order valence-corrected chi connectivity index (χ0v) is 26.3. The van der Waals surface area contributed by atoms with Crippen LogP contribution in [0.2, 0.25) is 0 Å². The predicted molar refractivity (Wildman–Crippen MR) is 162 cm³/mol. The molecule has 4 atom stereocenters. The molecular weight excluding hydrogens is 624 g/mol. The van der Waals surface area contributed by atoms with Gasteiger partial charge in [-0.15, -0.1) is 23.1 Å². The van der Waals surface area contributed by atoms with Crippen LogP contribution >= 0.6 is 23.1 Å². The molecule has 3 aliphatic heterocycles. The Bertz CT molecular complexity index is 1520. The van der Waals surface area contributed by atoms with E-state index in [0.29, 0.717) is 23.4 Å². The Kier molecular flexibility index (Phi) is 8.89. The summed E-state index contributed by atoms with van der Waals surface area (Å²) in [6.45, 7) is 5.27. The molecule has 3 N–H and O–H groups in total. The van der Waals surface area contributed by atoms with E-state index < -0.39 is 63.5 Å².